The minimum Gasteiger partial charge on any atom is -0.387 e. The summed E-state index contributed by atoms with van der Waals surface area (Å²) in [6.45, 7) is 4.73. The number of phosphoric acid groups is 1. The Kier molecular flexibility index (Phi) is 30.8. The van der Waals surface area contributed by atoms with Crippen LogP contribution >= 0.6 is 7.82 Å². The second-order valence-electron chi connectivity index (χ2n) is 14.3. The standard InChI is InChI=1S/C39H75N2O6P/c1-6-8-10-12-14-16-17-18-19-20-21-22-23-25-27-29-31-33-39(43)40-37(36-47-48(44,45)46-35-34-41(3,4)5)38(42)32-30-28-26-24-15-13-11-9-7-2/h14,16,18-19,30,32,37-38,42H,6-13,15,17,20-29,31,33-36H2,1-5H3,(H-,40,43,44,45)/p+1/b16-14-,19-18-,32-30+. The number of quaternary nitrogens is 1. The van der Waals surface area contributed by atoms with Crippen molar-refractivity contribution in [3.63, 3.8) is 0 Å². The largest absolute Gasteiger partial charge is 0.472 e. The Morgan fingerprint density at radius 2 is 1.19 bits per heavy atom. The summed E-state index contributed by atoms with van der Waals surface area (Å²) in [4.78, 5) is 22.9. The first kappa shape index (κ1) is 46.7. The van der Waals surface area contributed by atoms with Gasteiger partial charge >= 0.3 is 7.82 Å². The van der Waals surface area contributed by atoms with Crippen LogP contribution in [0.15, 0.2) is 36.5 Å². The highest BCUT2D eigenvalue weighted by Crippen LogP contribution is 2.43. The molecule has 0 saturated carbocycles. The Labute approximate surface area is 296 Å². The van der Waals surface area contributed by atoms with Gasteiger partial charge in [0.05, 0.1) is 39.9 Å². The molecular formula is C39H76N2O6P+. The number of aliphatic hydroxyl groups excluding tert-OH is 1. The van der Waals surface area contributed by atoms with E-state index >= 15 is 0 Å². The lowest BCUT2D eigenvalue weighted by Crippen LogP contribution is -2.45. The summed E-state index contributed by atoms with van der Waals surface area (Å²) in [5, 5.41) is 13.7. The third kappa shape index (κ3) is 33.2. The molecule has 0 spiro atoms. The zero-order valence-electron chi connectivity index (χ0n) is 31.7. The lowest BCUT2D eigenvalue weighted by atomic mass is 10.1. The predicted octanol–water partition coefficient (Wildman–Crippen LogP) is 9.96. The summed E-state index contributed by atoms with van der Waals surface area (Å²) >= 11 is 0. The van der Waals surface area contributed by atoms with Gasteiger partial charge in [-0.25, -0.2) is 4.57 Å². The van der Waals surface area contributed by atoms with Gasteiger partial charge in [0.2, 0.25) is 5.91 Å². The number of aliphatic hydroxyl groups is 1. The Morgan fingerprint density at radius 3 is 1.75 bits per heavy atom. The van der Waals surface area contributed by atoms with E-state index in [4.69, 9.17) is 9.05 Å². The van der Waals surface area contributed by atoms with Gasteiger partial charge in [0.1, 0.15) is 13.2 Å². The summed E-state index contributed by atoms with van der Waals surface area (Å²) in [6, 6.07) is -0.846. The van der Waals surface area contributed by atoms with Crippen molar-refractivity contribution in [3.05, 3.63) is 36.5 Å². The number of likely N-dealkylation sites (N-methyl/N-ethyl adjacent to an activating group) is 1. The molecule has 282 valence electrons. The van der Waals surface area contributed by atoms with E-state index in [1.54, 1.807) is 6.08 Å². The quantitative estimate of drug-likeness (QED) is 0.0267. The Hall–Kier alpha value is -1.28. The maximum atomic E-state index is 12.8. The first-order valence-electron chi connectivity index (χ1n) is 19.4. The van der Waals surface area contributed by atoms with Crippen LogP contribution in [-0.2, 0) is 18.4 Å². The zero-order valence-corrected chi connectivity index (χ0v) is 32.6. The molecule has 0 radical (unpaired) electrons. The van der Waals surface area contributed by atoms with Crippen LogP contribution in [0.2, 0.25) is 0 Å². The SMILES string of the molecule is CCCCC/C=C\C/C=C\CCCCCCCCCC(=O)NC(COP(=O)(O)OCC[N+](C)(C)C)C(O)/C=C/CCCCCCCCC. The fourth-order valence-electron chi connectivity index (χ4n) is 5.19. The molecule has 0 bridgehead atoms. The van der Waals surface area contributed by atoms with Crippen LogP contribution in [0.5, 0.6) is 0 Å². The number of carbonyl (C=O) groups is 1. The van der Waals surface area contributed by atoms with E-state index in [2.05, 4.69) is 43.5 Å². The lowest BCUT2D eigenvalue weighted by molar-refractivity contribution is -0.870. The summed E-state index contributed by atoms with van der Waals surface area (Å²) in [7, 11) is 1.56. The van der Waals surface area contributed by atoms with Gasteiger partial charge in [-0.3, -0.25) is 13.8 Å². The summed E-state index contributed by atoms with van der Waals surface area (Å²) in [5.74, 6) is -0.190. The van der Waals surface area contributed by atoms with Gasteiger partial charge in [-0.15, -0.1) is 0 Å². The lowest BCUT2D eigenvalue weighted by Gasteiger charge is -2.25. The van der Waals surface area contributed by atoms with Crippen LogP contribution in [0.3, 0.4) is 0 Å². The van der Waals surface area contributed by atoms with Crippen LogP contribution in [0.25, 0.3) is 0 Å². The number of hydrogen-bond acceptors (Lipinski definition) is 5. The molecule has 9 heteroatoms. The molecule has 0 aromatic heterocycles. The number of nitrogens with one attached hydrogen (secondary N) is 1. The van der Waals surface area contributed by atoms with Gasteiger partial charge in [-0.1, -0.05) is 134 Å². The van der Waals surface area contributed by atoms with Crippen molar-refractivity contribution in [2.75, 3.05) is 40.9 Å². The average molecular weight is 700 g/mol. The van der Waals surface area contributed by atoms with E-state index in [1.807, 2.05) is 27.2 Å². The van der Waals surface area contributed by atoms with Crippen molar-refractivity contribution in [1.29, 1.82) is 0 Å². The molecule has 0 fully saturated rings. The van der Waals surface area contributed by atoms with Gasteiger partial charge < -0.3 is 19.8 Å². The van der Waals surface area contributed by atoms with E-state index < -0.39 is 20.0 Å². The Bertz CT molecular complexity index is 886. The topological polar surface area (TPSA) is 105 Å². The number of rotatable bonds is 34. The van der Waals surface area contributed by atoms with Gasteiger partial charge in [0.25, 0.3) is 0 Å². The number of carbonyl (C=O) groups excluding carboxylic acids is 1. The maximum Gasteiger partial charge on any atom is 0.472 e. The summed E-state index contributed by atoms with van der Waals surface area (Å²) in [6.07, 6.45) is 36.4. The second-order valence-corrected chi connectivity index (χ2v) is 15.8. The number of nitrogens with zero attached hydrogens (tertiary/aromatic N) is 1. The molecule has 0 aliphatic carbocycles. The fourth-order valence-corrected chi connectivity index (χ4v) is 5.92. The first-order valence-corrected chi connectivity index (χ1v) is 20.9. The fraction of sp³-hybridized carbons (Fsp3) is 0.821. The van der Waals surface area contributed by atoms with Gasteiger partial charge in [0, 0.05) is 6.42 Å². The summed E-state index contributed by atoms with van der Waals surface area (Å²) < 4.78 is 23.4. The molecule has 3 unspecified atom stereocenters. The van der Waals surface area contributed by atoms with Crippen molar-refractivity contribution >= 4 is 13.7 Å². The van der Waals surface area contributed by atoms with Crippen molar-refractivity contribution in [2.45, 2.75) is 167 Å². The van der Waals surface area contributed by atoms with Crippen molar-refractivity contribution in [3.8, 4) is 0 Å². The van der Waals surface area contributed by atoms with Crippen LogP contribution in [0.1, 0.15) is 155 Å². The molecule has 0 aliphatic heterocycles. The third-order valence-electron chi connectivity index (χ3n) is 8.35. The molecule has 0 saturated heterocycles. The highest BCUT2D eigenvalue weighted by atomic mass is 31.2. The van der Waals surface area contributed by atoms with Gasteiger partial charge in [-0.05, 0) is 51.4 Å². The molecule has 0 aromatic rings. The average Bonchev–Trinajstić information content (AvgIpc) is 3.02. The third-order valence-corrected chi connectivity index (χ3v) is 9.34. The Balaban J connectivity index is 4.45. The van der Waals surface area contributed by atoms with Crippen molar-refractivity contribution in [2.24, 2.45) is 0 Å². The molecule has 0 rings (SSSR count). The highest BCUT2D eigenvalue weighted by Gasteiger charge is 2.27. The minimum absolute atomic E-state index is 0.0589. The summed E-state index contributed by atoms with van der Waals surface area (Å²) in [5.41, 5.74) is 0. The Morgan fingerprint density at radius 1 is 0.708 bits per heavy atom. The monoisotopic (exact) mass is 700 g/mol. The molecule has 48 heavy (non-hydrogen) atoms. The minimum atomic E-state index is -4.33. The smallest absolute Gasteiger partial charge is 0.387 e. The molecule has 3 N–H and O–H groups in total. The number of phosphoric ester groups is 1. The van der Waals surface area contributed by atoms with Crippen LogP contribution in [0, 0.1) is 0 Å². The van der Waals surface area contributed by atoms with Crippen LogP contribution in [0.4, 0.5) is 0 Å². The molecule has 8 nitrogen and oxygen atoms in total. The molecule has 0 aliphatic rings. The number of hydrogen-bond donors (Lipinski definition) is 3. The van der Waals surface area contributed by atoms with Gasteiger partial charge in [-0.2, -0.15) is 0 Å². The maximum absolute atomic E-state index is 12.8. The predicted molar refractivity (Wildman–Crippen MR) is 203 cm³/mol. The van der Waals surface area contributed by atoms with Crippen molar-refractivity contribution < 1.29 is 32.9 Å². The zero-order chi connectivity index (χ0) is 35.8. The van der Waals surface area contributed by atoms with Gasteiger partial charge in [0.15, 0.2) is 0 Å². The molecule has 3 atom stereocenters. The number of amides is 1. The van der Waals surface area contributed by atoms with E-state index in [-0.39, 0.29) is 19.1 Å². The number of unbranched alkanes of at least 4 members (excludes halogenated alkanes) is 17. The first-order chi connectivity index (χ1) is 23.0. The molecule has 0 aromatic carbocycles. The normalized spacial score (nSPS) is 15.1. The van der Waals surface area contributed by atoms with Crippen LogP contribution in [-0.4, -0.2) is 73.4 Å². The molecule has 1 amide bonds. The van der Waals surface area contributed by atoms with E-state index in [0.29, 0.717) is 17.4 Å². The van der Waals surface area contributed by atoms with E-state index in [1.165, 1.54) is 83.5 Å². The number of allylic oxidation sites excluding steroid dienone is 5. The van der Waals surface area contributed by atoms with Crippen LogP contribution < -0.4 is 5.32 Å². The molecule has 0 heterocycles. The highest BCUT2D eigenvalue weighted by molar-refractivity contribution is 7.47. The van der Waals surface area contributed by atoms with E-state index in [0.717, 1.165) is 51.4 Å². The van der Waals surface area contributed by atoms with Crippen molar-refractivity contribution in [1.82, 2.24) is 5.32 Å². The van der Waals surface area contributed by atoms with E-state index in [9.17, 15) is 19.4 Å². The molecular weight excluding hydrogens is 623 g/mol. The second kappa shape index (κ2) is 31.7.